The molecule has 1 heterocycles. The molecule has 0 saturated heterocycles. The number of nitriles is 1. The number of ether oxygens (including phenoxy) is 1. The largest absolute Gasteiger partial charge is 0.492 e. The van der Waals surface area contributed by atoms with Gasteiger partial charge in [0.2, 0.25) is 5.91 Å². The first kappa shape index (κ1) is 16.5. The van der Waals surface area contributed by atoms with Gasteiger partial charge >= 0.3 is 0 Å². The molecule has 0 aliphatic heterocycles. The normalized spacial score (nSPS) is 11.3. The number of benzene rings is 1. The average Bonchev–Trinajstić information content (AvgIpc) is 2.58. The SMILES string of the molecule is Cc1ccccc1[C@H](C#N)NC(=O)CCCOc1cccnc1. The maximum atomic E-state index is 12.0. The predicted molar refractivity (Wildman–Crippen MR) is 86.6 cm³/mol. The summed E-state index contributed by atoms with van der Waals surface area (Å²) in [6.45, 7) is 2.36. The summed E-state index contributed by atoms with van der Waals surface area (Å²) in [4.78, 5) is 15.9. The fourth-order valence-electron chi connectivity index (χ4n) is 2.18. The molecule has 0 spiro atoms. The summed E-state index contributed by atoms with van der Waals surface area (Å²) in [6, 6.07) is 12.7. The summed E-state index contributed by atoms with van der Waals surface area (Å²) in [5, 5.41) is 12.0. The van der Waals surface area contributed by atoms with E-state index in [1.54, 1.807) is 18.5 Å². The topological polar surface area (TPSA) is 75.0 Å². The van der Waals surface area contributed by atoms with Gasteiger partial charge < -0.3 is 10.1 Å². The number of rotatable bonds is 7. The summed E-state index contributed by atoms with van der Waals surface area (Å²) < 4.78 is 5.48. The highest BCUT2D eigenvalue weighted by Crippen LogP contribution is 2.16. The second-order valence-electron chi connectivity index (χ2n) is 5.13. The number of hydrogen-bond donors (Lipinski definition) is 1. The highest BCUT2D eigenvalue weighted by atomic mass is 16.5. The van der Waals surface area contributed by atoms with Crippen molar-refractivity contribution in [2.45, 2.75) is 25.8 Å². The number of aryl methyl sites for hydroxylation is 1. The van der Waals surface area contributed by atoms with Crippen LogP contribution < -0.4 is 10.1 Å². The van der Waals surface area contributed by atoms with Crippen LogP contribution in [0.4, 0.5) is 0 Å². The molecular weight excluding hydrogens is 290 g/mol. The second kappa shape index (κ2) is 8.54. The van der Waals surface area contributed by atoms with E-state index in [1.165, 1.54) is 0 Å². The molecule has 1 N–H and O–H groups in total. The Morgan fingerprint density at radius 3 is 2.87 bits per heavy atom. The van der Waals surface area contributed by atoms with Gasteiger partial charge in [-0.15, -0.1) is 0 Å². The molecule has 0 fully saturated rings. The first-order valence-electron chi connectivity index (χ1n) is 7.48. The minimum atomic E-state index is -0.622. The van der Waals surface area contributed by atoms with E-state index in [9.17, 15) is 10.1 Å². The third-order valence-electron chi connectivity index (χ3n) is 3.39. The van der Waals surface area contributed by atoms with Gasteiger partial charge in [-0.1, -0.05) is 24.3 Å². The average molecular weight is 309 g/mol. The highest BCUT2D eigenvalue weighted by molar-refractivity contribution is 5.76. The van der Waals surface area contributed by atoms with Crippen LogP contribution in [0.5, 0.6) is 5.75 Å². The van der Waals surface area contributed by atoms with Gasteiger partial charge in [0.25, 0.3) is 0 Å². The quantitative estimate of drug-likeness (QED) is 0.798. The number of nitrogens with zero attached hydrogens (tertiary/aromatic N) is 2. The van der Waals surface area contributed by atoms with Crippen LogP contribution >= 0.6 is 0 Å². The van der Waals surface area contributed by atoms with Gasteiger partial charge in [-0.3, -0.25) is 9.78 Å². The zero-order chi connectivity index (χ0) is 16.5. The zero-order valence-electron chi connectivity index (χ0n) is 13.0. The van der Waals surface area contributed by atoms with E-state index in [0.29, 0.717) is 25.2 Å². The van der Waals surface area contributed by atoms with Crippen molar-refractivity contribution in [2.75, 3.05) is 6.61 Å². The minimum absolute atomic E-state index is 0.158. The van der Waals surface area contributed by atoms with E-state index in [4.69, 9.17) is 4.74 Å². The van der Waals surface area contributed by atoms with Crippen molar-refractivity contribution >= 4 is 5.91 Å². The Hall–Kier alpha value is -2.87. The van der Waals surface area contributed by atoms with E-state index in [0.717, 1.165) is 11.1 Å². The fraction of sp³-hybridized carbons (Fsp3) is 0.278. The Morgan fingerprint density at radius 2 is 2.17 bits per heavy atom. The number of hydrogen-bond acceptors (Lipinski definition) is 4. The summed E-state index contributed by atoms with van der Waals surface area (Å²) in [6.07, 6.45) is 4.19. The van der Waals surface area contributed by atoms with Gasteiger partial charge in [0, 0.05) is 12.6 Å². The number of pyridine rings is 1. The Kier molecular flexibility index (Phi) is 6.13. The molecule has 2 rings (SSSR count). The molecule has 0 aliphatic rings. The van der Waals surface area contributed by atoms with Crippen molar-refractivity contribution in [3.63, 3.8) is 0 Å². The molecule has 23 heavy (non-hydrogen) atoms. The summed E-state index contributed by atoms with van der Waals surface area (Å²) >= 11 is 0. The number of amides is 1. The van der Waals surface area contributed by atoms with Crippen LogP contribution in [0.25, 0.3) is 0 Å². The molecule has 0 unspecified atom stereocenters. The van der Waals surface area contributed by atoms with E-state index in [1.807, 2.05) is 37.3 Å². The fourth-order valence-corrected chi connectivity index (χ4v) is 2.18. The molecule has 0 bridgehead atoms. The lowest BCUT2D eigenvalue weighted by molar-refractivity contribution is -0.121. The smallest absolute Gasteiger partial charge is 0.221 e. The maximum Gasteiger partial charge on any atom is 0.221 e. The van der Waals surface area contributed by atoms with Gasteiger partial charge in [-0.2, -0.15) is 5.26 Å². The molecule has 0 radical (unpaired) electrons. The molecule has 0 saturated carbocycles. The van der Waals surface area contributed by atoms with Crippen LogP contribution in [0.15, 0.2) is 48.8 Å². The lowest BCUT2D eigenvalue weighted by atomic mass is 10.0. The van der Waals surface area contributed by atoms with Crippen LogP contribution in [-0.2, 0) is 4.79 Å². The van der Waals surface area contributed by atoms with Crippen molar-refractivity contribution in [3.05, 3.63) is 59.9 Å². The van der Waals surface area contributed by atoms with E-state index in [-0.39, 0.29) is 5.91 Å². The monoisotopic (exact) mass is 309 g/mol. The molecule has 5 nitrogen and oxygen atoms in total. The lowest BCUT2D eigenvalue weighted by Crippen LogP contribution is -2.28. The first-order valence-corrected chi connectivity index (χ1v) is 7.48. The van der Waals surface area contributed by atoms with Gasteiger partial charge in [0.1, 0.15) is 11.8 Å². The van der Waals surface area contributed by atoms with E-state index in [2.05, 4.69) is 16.4 Å². The first-order chi connectivity index (χ1) is 11.2. The van der Waals surface area contributed by atoms with Crippen LogP contribution in [0, 0.1) is 18.3 Å². The molecular formula is C18H19N3O2. The predicted octanol–water partition coefficient (Wildman–Crippen LogP) is 2.93. The van der Waals surface area contributed by atoms with Gasteiger partial charge in [0.05, 0.1) is 18.9 Å². The Morgan fingerprint density at radius 1 is 1.35 bits per heavy atom. The summed E-state index contributed by atoms with van der Waals surface area (Å²) in [7, 11) is 0. The summed E-state index contributed by atoms with van der Waals surface area (Å²) in [5.41, 5.74) is 1.81. The maximum absolute atomic E-state index is 12.0. The highest BCUT2D eigenvalue weighted by Gasteiger charge is 2.15. The minimum Gasteiger partial charge on any atom is -0.492 e. The van der Waals surface area contributed by atoms with Crippen LogP contribution in [0.2, 0.25) is 0 Å². The van der Waals surface area contributed by atoms with Crippen molar-refractivity contribution in [1.29, 1.82) is 5.26 Å². The van der Waals surface area contributed by atoms with Crippen molar-refractivity contribution in [2.24, 2.45) is 0 Å². The summed E-state index contributed by atoms with van der Waals surface area (Å²) in [5.74, 6) is 0.525. The molecule has 118 valence electrons. The third kappa shape index (κ3) is 5.11. The van der Waals surface area contributed by atoms with E-state index < -0.39 is 6.04 Å². The molecule has 2 aromatic rings. The molecule has 1 atom stereocenters. The lowest BCUT2D eigenvalue weighted by Gasteiger charge is -2.14. The van der Waals surface area contributed by atoms with Crippen molar-refractivity contribution < 1.29 is 9.53 Å². The van der Waals surface area contributed by atoms with Gasteiger partial charge in [0.15, 0.2) is 0 Å². The van der Waals surface area contributed by atoms with Gasteiger partial charge in [-0.05, 0) is 36.6 Å². The second-order valence-corrected chi connectivity index (χ2v) is 5.13. The molecule has 0 aliphatic carbocycles. The van der Waals surface area contributed by atoms with Crippen LogP contribution in [-0.4, -0.2) is 17.5 Å². The third-order valence-corrected chi connectivity index (χ3v) is 3.39. The standard InChI is InChI=1S/C18H19N3O2/c1-14-6-2-3-8-16(14)17(12-19)21-18(22)9-5-11-23-15-7-4-10-20-13-15/h2-4,6-8,10,13,17H,5,9,11H2,1H3,(H,21,22)/t17-/m0/s1. The Bertz CT molecular complexity index is 680. The molecule has 5 heteroatoms. The zero-order valence-corrected chi connectivity index (χ0v) is 13.0. The molecule has 1 aromatic heterocycles. The van der Waals surface area contributed by atoms with Crippen molar-refractivity contribution in [1.82, 2.24) is 10.3 Å². The van der Waals surface area contributed by atoms with Crippen LogP contribution in [0.1, 0.15) is 30.0 Å². The Balaban J connectivity index is 1.77. The molecule has 1 amide bonds. The van der Waals surface area contributed by atoms with Crippen molar-refractivity contribution in [3.8, 4) is 11.8 Å². The number of nitrogens with one attached hydrogen (secondary N) is 1. The van der Waals surface area contributed by atoms with Crippen LogP contribution in [0.3, 0.4) is 0 Å². The molecule has 1 aromatic carbocycles. The van der Waals surface area contributed by atoms with E-state index >= 15 is 0 Å². The number of carbonyl (C=O) groups excluding carboxylic acids is 1. The number of aromatic nitrogens is 1. The van der Waals surface area contributed by atoms with Gasteiger partial charge in [-0.25, -0.2) is 0 Å². The Labute approximate surface area is 135 Å². The number of carbonyl (C=O) groups is 1.